The van der Waals surface area contributed by atoms with Gasteiger partial charge in [0.15, 0.2) is 0 Å². The minimum Gasteiger partial charge on any atom is -0.264 e. The minimum atomic E-state index is 0.920. The van der Waals surface area contributed by atoms with Gasteiger partial charge in [-0.3, -0.25) is 19.9 Å². The Balaban J connectivity index is 1.36. The molecule has 0 spiro atoms. The van der Waals surface area contributed by atoms with Gasteiger partial charge in [-0.05, 0) is 86.6 Å². The van der Waals surface area contributed by atoms with Gasteiger partial charge >= 0.3 is 0 Å². The second-order valence-electron chi connectivity index (χ2n) is 10.4. The Kier molecular flexibility index (Phi) is 5.75. The normalized spacial score (nSPS) is 11.3. The van der Waals surface area contributed by atoms with E-state index in [0.29, 0.717) is 0 Å². The summed E-state index contributed by atoms with van der Waals surface area (Å²) in [6.45, 7) is 0. The highest BCUT2D eigenvalue weighted by Crippen LogP contribution is 2.40. The third-order valence-corrected chi connectivity index (χ3v) is 7.93. The first-order valence-electron chi connectivity index (χ1n) is 13.9. The zero-order chi connectivity index (χ0) is 27.9. The number of nitrogens with zero attached hydrogens (tertiary/aromatic N) is 4. The van der Waals surface area contributed by atoms with Gasteiger partial charge < -0.3 is 0 Å². The standard InChI is InChI=1S/C38H24N4/c1-2-10-33-32(9-1)31(13-14-34(33)35-15-19-42-38-36(35)12-11-25-6-5-18-41-37(25)38)30-21-28(26-7-3-16-39-23-26)20-29(22-30)27-8-4-17-40-24-27/h1-24H. The predicted octanol–water partition coefficient (Wildman–Crippen LogP) is 9.39. The summed E-state index contributed by atoms with van der Waals surface area (Å²) in [5.41, 5.74) is 10.9. The van der Waals surface area contributed by atoms with Crippen molar-refractivity contribution in [1.82, 2.24) is 19.9 Å². The molecule has 8 rings (SSSR count). The van der Waals surface area contributed by atoms with E-state index in [1.54, 1.807) is 0 Å². The fourth-order valence-electron chi connectivity index (χ4n) is 5.96. The van der Waals surface area contributed by atoms with Gasteiger partial charge in [0.05, 0.1) is 11.0 Å². The van der Waals surface area contributed by atoms with Gasteiger partial charge in [0.25, 0.3) is 0 Å². The molecule has 0 N–H and O–H groups in total. The number of fused-ring (bicyclic) bond motifs is 4. The highest BCUT2D eigenvalue weighted by Gasteiger charge is 2.15. The highest BCUT2D eigenvalue weighted by atomic mass is 14.7. The van der Waals surface area contributed by atoms with Gasteiger partial charge in [0.1, 0.15) is 0 Å². The van der Waals surface area contributed by atoms with Gasteiger partial charge in [0, 0.05) is 59.1 Å². The van der Waals surface area contributed by atoms with Gasteiger partial charge in [-0.25, -0.2) is 0 Å². The summed E-state index contributed by atoms with van der Waals surface area (Å²) in [5.74, 6) is 0. The van der Waals surface area contributed by atoms with Crippen molar-refractivity contribution < 1.29 is 0 Å². The molecule has 4 heteroatoms. The number of rotatable bonds is 4. The Morgan fingerprint density at radius 2 is 0.976 bits per heavy atom. The first-order chi connectivity index (χ1) is 20.8. The molecule has 8 aromatic rings. The number of hydrogen-bond acceptors (Lipinski definition) is 4. The van der Waals surface area contributed by atoms with Crippen molar-refractivity contribution >= 4 is 32.6 Å². The lowest BCUT2D eigenvalue weighted by atomic mass is 9.88. The van der Waals surface area contributed by atoms with Crippen molar-refractivity contribution in [1.29, 1.82) is 0 Å². The summed E-state index contributed by atoms with van der Waals surface area (Å²) in [6, 6.07) is 38.5. The molecule has 0 atom stereocenters. The van der Waals surface area contributed by atoms with Crippen LogP contribution in [0.1, 0.15) is 0 Å². The summed E-state index contributed by atoms with van der Waals surface area (Å²) in [7, 11) is 0. The van der Waals surface area contributed by atoms with Crippen LogP contribution >= 0.6 is 0 Å². The molecule has 0 fully saturated rings. The summed E-state index contributed by atoms with van der Waals surface area (Å²) in [4.78, 5) is 18.2. The van der Waals surface area contributed by atoms with Crippen LogP contribution in [0.4, 0.5) is 0 Å². The zero-order valence-electron chi connectivity index (χ0n) is 22.6. The van der Waals surface area contributed by atoms with Gasteiger partial charge in [-0.1, -0.05) is 66.7 Å². The number of hydrogen-bond donors (Lipinski definition) is 0. The Morgan fingerprint density at radius 3 is 1.69 bits per heavy atom. The van der Waals surface area contributed by atoms with Gasteiger partial charge in [-0.2, -0.15) is 0 Å². The van der Waals surface area contributed by atoms with E-state index in [1.807, 2.05) is 55.4 Å². The van der Waals surface area contributed by atoms with Gasteiger partial charge in [-0.15, -0.1) is 0 Å². The lowest BCUT2D eigenvalue weighted by Gasteiger charge is -2.16. The Bertz CT molecular complexity index is 2190. The second-order valence-corrected chi connectivity index (χ2v) is 10.4. The molecular formula is C38H24N4. The van der Waals surface area contributed by atoms with E-state index in [2.05, 4.69) is 106 Å². The van der Waals surface area contributed by atoms with Crippen LogP contribution in [0, 0.1) is 0 Å². The van der Waals surface area contributed by atoms with Crippen molar-refractivity contribution in [2.24, 2.45) is 0 Å². The largest absolute Gasteiger partial charge is 0.264 e. The molecule has 4 aromatic carbocycles. The van der Waals surface area contributed by atoms with Crippen molar-refractivity contribution in [3.63, 3.8) is 0 Å². The molecule has 0 amide bonds. The highest BCUT2D eigenvalue weighted by molar-refractivity contribution is 6.13. The molecule has 4 nitrogen and oxygen atoms in total. The summed E-state index contributed by atoms with van der Waals surface area (Å²) in [5, 5.41) is 4.57. The van der Waals surface area contributed by atoms with E-state index >= 15 is 0 Å². The molecule has 0 aliphatic heterocycles. The van der Waals surface area contributed by atoms with Crippen molar-refractivity contribution in [3.05, 3.63) is 146 Å². The van der Waals surface area contributed by atoms with Crippen molar-refractivity contribution in [2.75, 3.05) is 0 Å². The molecule has 196 valence electrons. The van der Waals surface area contributed by atoms with Crippen LogP contribution in [0.25, 0.3) is 77.1 Å². The molecule has 0 radical (unpaired) electrons. The monoisotopic (exact) mass is 536 g/mol. The minimum absolute atomic E-state index is 0.920. The fourth-order valence-corrected chi connectivity index (χ4v) is 5.96. The molecule has 0 bridgehead atoms. The quantitative estimate of drug-likeness (QED) is 0.210. The first-order valence-corrected chi connectivity index (χ1v) is 13.9. The molecule has 0 saturated heterocycles. The number of pyridine rings is 4. The topological polar surface area (TPSA) is 51.6 Å². The van der Waals surface area contributed by atoms with Gasteiger partial charge in [0.2, 0.25) is 0 Å². The average molecular weight is 537 g/mol. The van der Waals surface area contributed by atoms with E-state index in [-0.39, 0.29) is 0 Å². The molecule has 4 heterocycles. The molecule has 0 unspecified atom stereocenters. The number of benzene rings is 4. The second kappa shape index (κ2) is 10.0. The predicted molar refractivity (Wildman–Crippen MR) is 172 cm³/mol. The zero-order valence-corrected chi connectivity index (χ0v) is 22.6. The van der Waals surface area contributed by atoms with Crippen LogP contribution < -0.4 is 0 Å². The Hall–Kier alpha value is -5.74. The van der Waals surface area contributed by atoms with E-state index in [4.69, 9.17) is 4.98 Å². The van der Waals surface area contributed by atoms with E-state index in [0.717, 1.165) is 55.2 Å². The lowest BCUT2D eigenvalue weighted by molar-refractivity contribution is 1.32. The fraction of sp³-hybridized carbons (Fsp3) is 0. The molecule has 42 heavy (non-hydrogen) atoms. The summed E-state index contributed by atoms with van der Waals surface area (Å²) < 4.78 is 0. The maximum absolute atomic E-state index is 4.75. The first kappa shape index (κ1) is 24.1. The Morgan fingerprint density at radius 1 is 0.357 bits per heavy atom. The molecule has 0 aliphatic carbocycles. The summed E-state index contributed by atoms with van der Waals surface area (Å²) >= 11 is 0. The van der Waals surface area contributed by atoms with Crippen LogP contribution in [0.3, 0.4) is 0 Å². The van der Waals surface area contributed by atoms with E-state index in [9.17, 15) is 0 Å². The molecular weight excluding hydrogens is 512 g/mol. The molecule has 0 aliphatic rings. The lowest BCUT2D eigenvalue weighted by Crippen LogP contribution is -1.91. The molecule has 0 saturated carbocycles. The van der Waals surface area contributed by atoms with E-state index in [1.165, 1.54) is 21.9 Å². The maximum Gasteiger partial charge on any atom is 0.0970 e. The average Bonchev–Trinajstić information content (AvgIpc) is 3.08. The third kappa shape index (κ3) is 4.09. The number of aromatic nitrogens is 4. The smallest absolute Gasteiger partial charge is 0.0970 e. The van der Waals surface area contributed by atoms with Crippen LogP contribution in [0.5, 0.6) is 0 Å². The van der Waals surface area contributed by atoms with Crippen molar-refractivity contribution in [2.45, 2.75) is 0 Å². The van der Waals surface area contributed by atoms with E-state index < -0.39 is 0 Å². The van der Waals surface area contributed by atoms with Crippen LogP contribution in [-0.2, 0) is 0 Å². The van der Waals surface area contributed by atoms with Crippen molar-refractivity contribution in [3.8, 4) is 44.5 Å². The maximum atomic E-state index is 4.75. The molecule has 4 aromatic heterocycles. The van der Waals surface area contributed by atoms with Crippen LogP contribution in [-0.4, -0.2) is 19.9 Å². The Labute approximate surface area is 243 Å². The van der Waals surface area contributed by atoms with Crippen LogP contribution in [0.15, 0.2) is 146 Å². The SMILES string of the molecule is c1cncc(-c2cc(-c3cccnc3)cc(-c3ccc(-c4ccnc5c4ccc4cccnc45)c4ccccc34)c2)c1. The third-order valence-electron chi connectivity index (χ3n) is 7.93. The van der Waals surface area contributed by atoms with Crippen LogP contribution in [0.2, 0.25) is 0 Å². The summed E-state index contributed by atoms with van der Waals surface area (Å²) in [6.07, 6.45) is 11.2.